The lowest BCUT2D eigenvalue weighted by Gasteiger charge is -2.25. The molecule has 1 aromatic heterocycles. The van der Waals surface area contributed by atoms with Crippen LogP contribution in [0.3, 0.4) is 0 Å². The van der Waals surface area contributed by atoms with Crippen molar-refractivity contribution in [2.75, 3.05) is 11.9 Å². The smallest absolute Gasteiger partial charge is 0.243 e. The number of Topliss-reactive ketones (excluding diaryl/α,β-unsaturated/α-hetero) is 1. The lowest BCUT2D eigenvalue weighted by atomic mass is 9.85. The molecule has 7 nitrogen and oxygen atoms in total. The summed E-state index contributed by atoms with van der Waals surface area (Å²) in [5.41, 5.74) is 1.22. The Hall–Kier alpha value is -2.10. The minimum Gasteiger partial charge on any atom is -0.302 e. The van der Waals surface area contributed by atoms with E-state index in [1.54, 1.807) is 12.1 Å². The minimum absolute atomic E-state index is 0.00266. The SMILES string of the molecule is CC(=O)c1cccc(S(=O)(=O)N2CCc3nc(NC(=O)C4CCC4)sc3C2)c1. The first kappa shape index (κ1) is 19.2. The molecule has 0 radical (unpaired) electrons. The summed E-state index contributed by atoms with van der Waals surface area (Å²) in [5.74, 6) is -0.0958. The van der Waals surface area contributed by atoms with Crippen molar-refractivity contribution in [1.82, 2.24) is 9.29 Å². The Morgan fingerprint density at radius 1 is 1.29 bits per heavy atom. The molecule has 2 aliphatic rings. The van der Waals surface area contributed by atoms with E-state index in [4.69, 9.17) is 0 Å². The zero-order valence-corrected chi connectivity index (χ0v) is 17.1. The molecule has 0 bridgehead atoms. The van der Waals surface area contributed by atoms with Gasteiger partial charge in [0.2, 0.25) is 15.9 Å². The molecule has 1 amide bonds. The molecule has 2 heterocycles. The summed E-state index contributed by atoms with van der Waals surface area (Å²) >= 11 is 1.34. The first-order valence-corrected chi connectivity index (χ1v) is 11.5. The second-order valence-corrected chi connectivity index (χ2v) is 10.2. The maximum atomic E-state index is 13.0. The molecule has 1 aliphatic heterocycles. The first-order valence-electron chi connectivity index (χ1n) is 9.25. The van der Waals surface area contributed by atoms with Crippen LogP contribution in [0.15, 0.2) is 29.2 Å². The van der Waals surface area contributed by atoms with Crippen LogP contribution in [0.2, 0.25) is 0 Å². The molecule has 9 heteroatoms. The van der Waals surface area contributed by atoms with Gasteiger partial charge in [0.25, 0.3) is 0 Å². The van der Waals surface area contributed by atoms with E-state index in [0.29, 0.717) is 23.7 Å². The number of rotatable bonds is 5. The normalized spacial score (nSPS) is 17.6. The molecule has 1 N–H and O–H groups in total. The van der Waals surface area contributed by atoms with Crippen LogP contribution in [0.4, 0.5) is 5.13 Å². The molecule has 1 saturated carbocycles. The van der Waals surface area contributed by atoms with E-state index < -0.39 is 10.0 Å². The summed E-state index contributed by atoms with van der Waals surface area (Å²) in [7, 11) is -3.71. The number of hydrogen-bond acceptors (Lipinski definition) is 6. The highest BCUT2D eigenvalue weighted by atomic mass is 32.2. The molecule has 28 heavy (non-hydrogen) atoms. The fourth-order valence-electron chi connectivity index (χ4n) is 3.33. The van der Waals surface area contributed by atoms with E-state index in [-0.39, 0.29) is 29.0 Å². The van der Waals surface area contributed by atoms with Gasteiger partial charge in [-0.2, -0.15) is 4.31 Å². The van der Waals surface area contributed by atoms with Crippen molar-refractivity contribution in [3.05, 3.63) is 40.4 Å². The Morgan fingerprint density at radius 2 is 2.07 bits per heavy atom. The number of nitrogens with zero attached hydrogens (tertiary/aromatic N) is 2. The molecule has 148 valence electrons. The van der Waals surface area contributed by atoms with Gasteiger partial charge in [-0.05, 0) is 31.9 Å². The van der Waals surface area contributed by atoms with Crippen molar-refractivity contribution in [3.63, 3.8) is 0 Å². The van der Waals surface area contributed by atoms with Gasteiger partial charge >= 0.3 is 0 Å². The Balaban J connectivity index is 1.52. The third kappa shape index (κ3) is 3.61. The Kier molecular flexibility index (Phi) is 5.07. The van der Waals surface area contributed by atoms with Crippen LogP contribution in [-0.4, -0.2) is 35.9 Å². The van der Waals surface area contributed by atoms with Gasteiger partial charge in [-0.1, -0.05) is 18.6 Å². The average Bonchev–Trinajstić information content (AvgIpc) is 3.01. The van der Waals surface area contributed by atoms with E-state index in [2.05, 4.69) is 10.3 Å². The highest BCUT2D eigenvalue weighted by Gasteiger charge is 2.31. The average molecular weight is 420 g/mol. The number of aromatic nitrogens is 1. The molecule has 0 spiro atoms. The van der Waals surface area contributed by atoms with Gasteiger partial charge in [0, 0.05) is 29.3 Å². The van der Waals surface area contributed by atoms with Crippen molar-refractivity contribution in [1.29, 1.82) is 0 Å². The van der Waals surface area contributed by atoms with Crippen LogP contribution in [0.1, 0.15) is 47.1 Å². The van der Waals surface area contributed by atoms with Crippen molar-refractivity contribution >= 4 is 38.2 Å². The maximum Gasteiger partial charge on any atom is 0.243 e. The molecular weight excluding hydrogens is 398 g/mol. The number of nitrogens with one attached hydrogen (secondary N) is 1. The van der Waals surface area contributed by atoms with Crippen LogP contribution < -0.4 is 5.32 Å². The zero-order valence-electron chi connectivity index (χ0n) is 15.5. The number of benzene rings is 1. The predicted molar refractivity (Wildman–Crippen MR) is 106 cm³/mol. The fraction of sp³-hybridized carbons (Fsp3) is 0.421. The molecule has 0 atom stereocenters. The summed E-state index contributed by atoms with van der Waals surface area (Å²) < 4.78 is 27.4. The van der Waals surface area contributed by atoms with E-state index in [0.717, 1.165) is 29.8 Å². The number of hydrogen-bond donors (Lipinski definition) is 1. The third-order valence-corrected chi connectivity index (χ3v) is 8.12. The highest BCUT2D eigenvalue weighted by Crippen LogP contribution is 2.33. The highest BCUT2D eigenvalue weighted by molar-refractivity contribution is 7.89. The van der Waals surface area contributed by atoms with Crippen molar-refractivity contribution in [2.24, 2.45) is 5.92 Å². The number of fused-ring (bicyclic) bond motifs is 1. The predicted octanol–water partition coefficient (Wildman–Crippen LogP) is 2.83. The Bertz CT molecular complexity index is 1040. The lowest BCUT2D eigenvalue weighted by molar-refractivity contribution is -0.122. The molecular formula is C19H21N3O4S2. The van der Waals surface area contributed by atoms with Gasteiger partial charge in [-0.15, -0.1) is 11.3 Å². The van der Waals surface area contributed by atoms with Crippen LogP contribution in [0, 0.1) is 5.92 Å². The largest absolute Gasteiger partial charge is 0.302 e. The minimum atomic E-state index is -3.71. The topological polar surface area (TPSA) is 96.4 Å². The second-order valence-electron chi connectivity index (χ2n) is 7.18. The lowest BCUT2D eigenvalue weighted by Crippen LogP contribution is -2.35. The van der Waals surface area contributed by atoms with Crippen LogP contribution in [0.5, 0.6) is 0 Å². The van der Waals surface area contributed by atoms with Gasteiger partial charge in [-0.3, -0.25) is 9.59 Å². The monoisotopic (exact) mass is 419 g/mol. The number of carbonyl (C=O) groups excluding carboxylic acids is 2. The summed E-state index contributed by atoms with van der Waals surface area (Å²) in [6.07, 6.45) is 3.42. The van der Waals surface area contributed by atoms with E-state index in [9.17, 15) is 18.0 Å². The van der Waals surface area contributed by atoms with E-state index in [1.807, 2.05) is 0 Å². The van der Waals surface area contributed by atoms with Gasteiger partial charge in [0.05, 0.1) is 17.1 Å². The standard InChI is InChI=1S/C19H21N3O4S2/c1-12(23)14-6-3-7-15(10-14)28(25,26)22-9-8-16-17(11-22)27-19(20-16)21-18(24)13-4-2-5-13/h3,6-7,10,13H,2,4-5,8-9,11H2,1H3,(H,20,21,24). The Labute approximate surface area is 167 Å². The summed E-state index contributed by atoms with van der Waals surface area (Å²) in [6.45, 7) is 1.95. The molecule has 2 aromatic rings. The molecule has 1 aromatic carbocycles. The number of carbonyl (C=O) groups is 2. The summed E-state index contributed by atoms with van der Waals surface area (Å²) in [5, 5.41) is 3.41. The quantitative estimate of drug-likeness (QED) is 0.752. The van der Waals surface area contributed by atoms with Gasteiger partial charge in [0.1, 0.15) is 0 Å². The summed E-state index contributed by atoms with van der Waals surface area (Å²) in [4.78, 5) is 29.1. The number of thiazole rings is 1. The molecule has 1 fully saturated rings. The molecule has 1 aliphatic carbocycles. The fourth-order valence-corrected chi connectivity index (χ4v) is 5.90. The van der Waals surface area contributed by atoms with E-state index in [1.165, 1.54) is 34.7 Å². The molecule has 4 rings (SSSR count). The van der Waals surface area contributed by atoms with Crippen LogP contribution >= 0.6 is 11.3 Å². The third-order valence-electron chi connectivity index (χ3n) is 5.28. The van der Waals surface area contributed by atoms with E-state index >= 15 is 0 Å². The second kappa shape index (κ2) is 7.38. The van der Waals surface area contributed by atoms with Crippen molar-refractivity contribution in [2.45, 2.75) is 44.0 Å². The number of anilines is 1. The van der Waals surface area contributed by atoms with Gasteiger partial charge < -0.3 is 5.32 Å². The number of amides is 1. The van der Waals surface area contributed by atoms with Crippen LogP contribution in [-0.2, 0) is 27.8 Å². The van der Waals surface area contributed by atoms with Crippen molar-refractivity contribution in [3.8, 4) is 0 Å². The first-order chi connectivity index (χ1) is 13.3. The molecule has 0 unspecified atom stereocenters. The zero-order chi connectivity index (χ0) is 19.9. The molecule has 0 saturated heterocycles. The summed E-state index contributed by atoms with van der Waals surface area (Å²) in [6, 6.07) is 6.12. The number of sulfonamides is 1. The van der Waals surface area contributed by atoms with Gasteiger partial charge in [-0.25, -0.2) is 13.4 Å². The van der Waals surface area contributed by atoms with Crippen LogP contribution in [0.25, 0.3) is 0 Å². The van der Waals surface area contributed by atoms with Gasteiger partial charge in [0.15, 0.2) is 10.9 Å². The maximum absolute atomic E-state index is 13.0. The van der Waals surface area contributed by atoms with Crippen molar-refractivity contribution < 1.29 is 18.0 Å². The number of ketones is 1. The Morgan fingerprint density at radius 3 is 2.75 bits per heavy atom.